The minimum Gasteiger partial charge on any atom is -0.227 e. The van der Waals surface area contributed by atoms with E-state index < -0.39 is 0 Å². The molecule has 0 amide bonds. The summed E-state index contributed by atoms with van der Waals surface area (Å²) >= 11 is 7.48. The van der Waals surface area contributed by atoms with Gasteiger partial charge in [0.25, 0.3) is 0 Å². The number of aryl methyl sites for hydroxylation is 1. The molecule has 0 atom stereocenters. The van der Waals surface area contributed by atoms with Gasteiger partial charge in [-0.25, -0.2) is 9.97 Å². The Labute approximate surface area is 81.8 Å². The summed E-state index contributed by atoms with van der Waals surface area (Å²) in [7, 11) is 0. The monoisotopic (exact) mass is 202 g/mol. The first-order valence-electron chi connectivity index (χ1n) is 3.86. The third-order valence-electron chi connectivity index (χ3n) is 1.24. The summed E-state index contributed by atoms with van der Waals surface area (Å²) in [4.78, 5) is 8.22. The second kappa shape index (κ2) is 4.67. The molecule has 1 aromatic rings. The van der Waals surface area contributed by atoms with Crippen LogP contribution >= 0.6 is 23.4 Å². The zero-order valence-electron chi connectivity index (χ0n) is 7.17. The van der Waals surface area contributed by atoms with Crippen LogP contribution in [-0.2, 0) is 0 Å². The molecular weight excluding hydrogens is 192 g/mol. The Balaban J connectivity index is 2.72. The Hall–Kier alpha value is -0.280. The van der Waals surface area contributed by atoms with Crippen molar-refractivity contribution in [3.8, 4) is 0 Å². The van der Waals surface area contributed by atoms with E-state index >= 15 is 0 Å². The van der Waals surface area contributed by atoms with E-state index in [1.54, 1.807) is 17.8 Å². The van der Waals surface area contributed by atoms with E-state index in [0.29, 0.717) is 5.15 Å². The van der Waals surface area contributed by atoms with Crippen LogP contribution in [0.25, 0.3) is 0 Å². The lowest BCUT2D eigenvalue weighted by atomic mass is 10.6. The normalized spacial score (nSPS) is 10.2. The zero-order chi connectivity index (χ0) is 8.97. The van der Waals surface area contributed by atoms with Gasteiger partial charge < -0.3 is 0 Å². The molecule has 0 saturated carbocycles. The molecule has 2 nitrogen and oxygen atoms in total. The Kier molecular flexibility index (Phi) is 3.82. The third kappa shape index (κ3) is 2.99. The Morgan fingerprint density at radius 1 is 1.50 bits per heavy atom. The fourth-order valence-electron chi connectivity index (χ4n) is 0.786. The van der Waals surface area contributed by atoms with Crippen molar-refractivity contribution in [3.05, 3.63) is 17.0 Å². The van der Waals surface area contributed by atoms with Crippen LogP contribution in [0.2, 0.25) is 5.15 Å². The van der Waals surface area contributed by atoms with E-state index in [1.165, 1.54) is 0 Å². The van der Waals surface area contributed by atoms with E-state index in [1.807, 2.05) is 6.92 Å². The predicted molar refractivity (Wildman–Crippen MR) is 52.8 cm³/mol. The number of rotatable bonds is 3. The molecular formula is C8H11ClN2S. The van der Waals surface area contributed by atoms with Gasteiger partial charge in [-0.15, -0.1) is 11.8 Å². The van der Waals surface area contributed by atoms with Gasteiger partial charge in [-0.3, -0.25) is 0 Å². The highest BCUT2D eigenvalue weighted by atomic mass is 35.5. The second-order valence-electron chi connectivity index (χ2n) is 2.42. The van der Waals surface area contributed by atoms with Crippen LogP contribution in [0.15, 0.2) is 11.1 Å². The number of hydrogen-bond acceptors (Lipinski definition) is 3. The molecule has 0 radical (unpaired) electrons. The highest BCUT2D eigenvalue weighted by molar-refractivity contribution is 7.99. The van der Waals surface area contributed by atoms with Crippen LogP contribution in [0.1, 0.15) is 19.2 Å². The van der Waals surface area contributed by atoms with Crippen molar-refractivity contribution in [3.63, 3.8) is 0 Å². The van der Waals surface area contributed by atoms with Gasteiger partial charge in [-0.1, -0.05) is 18.5 Å². The lowest BCUT2D eigenvalue weighted by Gasteiger charge is -1.99. The summed E-state index contributed by atoms with van der Waals surface area (Å²) < 4.78 is 0. The minimum absolute atomic E-state index is 0.529. The van der Waals surface area contributed by atoms with Gasteiger partial charge in [0.2, 0.25) is 0 Å². The zero-order valence-corrected chi connectivity index (χ0v) is 8.74. The standard InChI is InChI=1S/C8H11ClN2S/c1-3-4-12-8-5-7(9)10-6(2)11-8/h5H,3-4H2,1-2H3. The van der Waals surface area contributed by atoms with Gasteiger partial charge in [0.1, 0.15) is 16.0 Å². The molecule has 12 heavy (non-hydrogen) atoms. The van der Waals surface area contributed by atoms with Crippen LogP contribution < -0.4 is 0 Å². The number of nitrogens with zero attached hydrogens (tertiary/aromatic N) is 2. The van der Waals surface area contributed by atoms with Crippen LogP contribution in [0, 0.1) is 6.92 Å². The van der Waals surface area contributed by atoms with E-state index in [0.717, 1.165) is 23.0 Å². The van der Waals surface area contributed by atoms with Crippen molar-refractivity contribution in [2.24, 2.45) is 0 Å². The summed E-state index contributed by atoms with van der Waals surface area (Å²) in [6, 6.07) is 1.80. The third-order valence-corrected chi connectivity index (χ3v) is 2.55. The number of halogens is 1. The maximum Gasteiger partial charge on any atom is 0.133 e. The van der Waals surface area contributed by atoms with Gasteiger partial charge >= 0.3 is 0 Å². The first-order valence-corrected chi connectivity index (χ1v) is 5.22. The van der Waals surface area contributed by atoms with Crippen LogP contribution in [0.4, 0.5) is 0 Å². The largest absolute Gasteiger partial charge is 0.227 e. The van der Waals surface area contributed by atoms with E-state index in [4.69, 9.17) is 11.6 Å². The molecule has 4 heteroatoms. The Bertz CT molecular complexity index is 245. The summed E-state index contributed by atoms with van der Waals surface area (Å²) in [6.45, 7) is 3.99. The highest BCUT2D eigenvalue weighted by Crippen LogP contribution is 2.18. The summed E-state index contributed by atoms with van der Waals surface area (Å²) in [5.41, 5.74) is 0. The van der Waals surface area contributed by atoms with E-state index in [9.17, 15) is 0 Å². The Morgan fingerprint density at radius 3 is 2.83 bits per heavy atom. The van der Waals surface area contributed by atoms with Crippen molar-refractivity contribution in [1.82, 2.24) is 9.97 Å². The number of thioether (sulfide) groups is 1. The number of hydrogen-bond donors (Lipinski definition) is 0. The fraction of sp³-hybridized carbons (Fsp3) is 0.500. The molecule has 1 rings (SSSR count). The summed E-state index contributed by atoms with van der Waals surface area (Å²) in [5, 5.41) is 1.50. The van der Waals surface area contributed by atoms with Gasteiger partial charge in [-0.05, 0) is 19.1 Å². The van der Waals surface area contributed by atoms with Crippen molar-refractivity contribution in [2.45, 2.75) is 25.3 Å². The first kappa shape index (κ1) is 9.81. The van der Waals surface area contributed by atoms with Crippen molar-refractivity contribution in [1.29, 1.82) is 0 Å². The SMILES string of the molecule is CCCSc1cc(Cl)nc(C)n1. The van der Waals surface area contributed by atoms with Crippen molar-refractivity contribution < 1.29 is 0 Å². The first-order chi connectivity index (χ1) is 5.72. The molecule has 0 aliphatic carbocycles. The molecule has 0 bridgehead atoms. The van der Waals surface area contributed by atoms with Crippen LogP contribution in [0.3, 0.4) is 0 Å². The molecule has 0 fully saturated rings. The molecule has 1 aromatic heterocycles. The summed E-state index contributed by atoms with van der Waals surface area (Å²) in [5.74, 6) is 1.81. The maximum absolute atomic E-state index is 5.76. The Morgan fingerprint density at radius 2 is 2.25 bits per heavy atom. The van der Waals surface area contributed by atoms with Crippen molar-refractivity contribution >= 4 is 23.4 Å². The highest BCUT2D eigenvalue weighted by Gasteiger charge is 1.99. The lowest BCUT2D eigenvalue weighted by molar-refractivity contribution is 0.965. The maximum atomic E-state index is 5.76. The molecule has 0 unspecified atom stereocenters. The second-order valence-corrected chi connectivity index (χ2v) is 3.93. The number of aromatic nitrogens is 2. The average Bonchev–Trinajstić information content (AvgIpc) is 1.99. The molecule has 0 N–H and O–H groups in total. The topological polar surface area (TPSA) is 25.8 Å². The van der Waals surface area contributed by atoms with E-state index in [-0.39, 0.29) is 0 Å². The van der Waals surface area contributed by atoms with Gasteiger partial charge in [-0.2, -0.15) is 0 Å². The van der Waals surface area contributed by atoms with Crippen molar-refractivity contribution in [2.75, 3.05) is 5.75 Å². The molecule has 0 aliphatic rings. The molecule has 1 heterocycles. The molecule has 66 valence electrons. The minimum atomic E-state index is 0.529. The predicted octanol–water partition coefficient (Wildman–Crippen LogP) is 2.94. The quantitative estimate of drug-likeness (QED) is 0.557. The molecule has 0 saturated heterocycles. The summed E-state index contributed by atoms with van der Waals surface area (Å²) in [6.07, 6.45) is 1.14. The van der Waals surface area contributed by atoms with Gasteiger partial charge in [0.05, 0.1) is 0 Å². The molecule has 0 aliphatic heterocycles. The van der Waals surface area contributed by atoms with Crippen LogP contribution in [-0.4, -0.2) is 15.7 Å². The molecule has 0 aromatic carbocycles. The lowest BCUT2D eigenvalue weighted by Crippen LogP contribution is -1.90. The molecule has 0 spiro atoms. The van der Waals surface area contributed by atoms with Gasteiger partial charge in [0.15, 0.2) is 0 Å². The fourth-order valence-corrected chi connectivity index (χ4v) is 1.88. The van der Waals surface area contributed by atoms with E-state index in [2.05, 4.69) is 16.9 Å². The van der Waals surface area contributed by atoms with Crippen LogP contribution in [0.5, 0.6) is 0 Å². The smallest absolute Gasteiger partial charge is 0.133 e. The van der Waals surface area contributed by atoms with Gasteiger partial charge in [0, 0.05) is 6.07 Å². The average molecular weight is 203 g/mol.